The van der Waals surface area contributed by atoms with E-state index < -0.39 is 12.8 Å². The van der Waals surface area contributed by atoms with Crippen molar-refractivity contribution in [2.75, 3.05) is 6.61 Å². The van der Waals surface area contributed by atoms with Crippen LogP contribution in [0.3, 0.4) is 0 Å². The number of alkyl halides is 3. The number of hydrogen-bond acceptors (Lipinski definition) is 4. The Hall–Kier alpha value is -3.06. The van der Waals surface area contributed by atoms with Gasteiger partial charge in [-0.2, -0.15) is 13.2 Å². The second kappa shape index (κ2) is 8.53. The first-order valence-corrected chi connectivity index (χ1v) is 8.86. The van der Waals surface area contributed by atoms with Crippen LogP contribution < -0.4 is 4.74 Å². The molecule has 0 aliphatic heterocycles. The third-order valence-corrected chi connectivity index (χ3v) is 4.26. The third kappa shape index (κ3) is 5.48. The van der Waals surface area contributed by atoms with Crippen LogP contribution in [0.2, 0.25) is 5.02 Å². The van der Waals surface area contributed by atoms with E-state index in [1.54, 1.807) is 42.5 Å². The summed E-state index contributed by atoms with van der Waals surface area (Å²) in [6, 6.07) is 14.1. The fraction of sp³-hybridized carbons (Fsp3) is 0.143. The van der Waals surface area contributed by atoms with Gasteiger partial charge >= 0.3 is 6.18 Å². The molecule has 0 spiro atoms. The molecular formula is C21H15ClF3NO3. The molecule has 4 nitrogen and oxygen atoms in total. The summed E-state index contributed by atoms with van der Waals surface area (Å²) in [4.78, 5) is 16.5. The molecule has 0 radical (unpaired) electrons. The van der Waals surface area contributed by atoms with Crippen LogP contribution >= 0.6 is 11.6 Å². The molecule has 150 valence electrons. The molecule has 29 heavy (non-hydrogen) atoms. The first-order chi connectivity index (χ1) is 13.7. The number of para-hydroxylation sites is 1. The summed E-state index contributed by atoms with van der Waals surface area (Å²) >= 11 is 5.88. The summed E-state index contributed by atoms with van der Waals surface area (Å²) in [5, 5.41) is 10.3. The number of rotatable bonds is 6. The minimum absolute atomic E-state index is 0.0925. The Kier molecular flexibility index (Phi) is 6.08. The Morgan fingerprint density at radius 1 is 1.10 bits per heavy atom. The first-order valence-electron chi connectivity index (χ1n) is 8.48. The Balaban J connectivity index is 1.93. The van der Waals surface area contributed by atoms with E-state index in [0.717, 1.165) is 0 Å². The SMILES string of the molecule is O=C(Cc1cnc(OCC(F)(F)F)c(-c2ccc(Cl)cc2)c1)c1ccccc1O. The summed E-state index contributed by atoms with van der Waals surface area (Å²) in [6.45, 7) is -1.49. The van der Waals surface area contributed by atoms with Crippen LogP contribution in [-0.2, 0) is 6.42 Å². The molecule has 0 saturated heterocycles. The highest BCUT2D eigenvalue weighted by atomic mass is 35.5. The Morgan fingerprint density at radius 3 is 2.45 bits per heavy atom. The van der Waals surface area contributed by atoms with Gasteiger partial charge in [-0.05, 0) is 41.5 Å². The second-order valence-electron chi connectivity index (χ2n) is 6.22. The molecule has 0 aliphatic rings. The Bertz CT molecular complexity index is 1020. The standard InChI is InChI=1S/C21H15ClF3NO3/c22-15-7-5-14(6-8-15)17-9-13(11-26-20(17)29-12-21(23,24)25)10-19(28)16-3-1-2-4-18(16)27/h1-9,11,27H,10,12H2. The average molecular weight is 422 g/mol. The predicted molar refractivity (Wildman–Crippen MR) is 102 cm³/mol. The number of benzene rings is 2. The fourth-order valence-corrected chi connectivity index (χ4v) is 2.81. The molecule has 3 aromatic rings. The van der Waals surface area contributed by atoms with Gasteiger partial charge in [0.25, 0.3) is 0 Å². The van der Waals surface area contributed by atoms with Gasteiger partial charge < -0.3 is 9.84 Å². The largest absolute Gasteiger partial charge is 0.507 e. The van der Waals surface area contributed by atoms with E-state index in [1.807, 2.05) is 0 Å². The van der Waals surface area contributed by atoms with Crippen LogP contribution in [0.15, 0.2) is 60.8 Å². The molecule has 8 heteroatoms. The average Bonchev–Trinajstić information content (AvgIpc) is 2.67. The van der Waals surface area contributed by atoms with Gasteiger partial charge in [0.15, 0.2) is 12.4 Å². The molecule has 0 bridgehead atoms. The monoisotopic (exact) mass is 421 g/mol. The van der Waals surface area contributed by atoms with Crippen LogP contribution in [0.5, 0.6) is 11.6 Å². The van der Waals surface area contributed by atoms with Gasteiger partial charge in [0.1, 0.15) is 5.75 Å². The van der Waals surface area contributed by atoms with Crippen molar-refractivity contribution < 1.29 is 27.8 Å². The van der Waals surface area contributed by atoms with Crippen LogP contribution in [-0.4, -0.2) is 28.7 Å². The van der Waals surface area contributed by atoms with Crippen LogP contribution in [0.25, 0.3) is 11.1 Å². The lowest BCUT2D eigenvalue weighted by molar-refractivity contribution is -0.154. The molecule has 3 rings (SSSR count). The normalized spacial score (nSPS) is 11.3. The van der Waals surface area contributed by atoms with Gasteiger partial charge in [0.2, 0.25) is 5.88 Å². The minimum atomic E-state index is -4.52. The number of phenols is 1. The zero-order valence-corrected chi connectivity index (χ0v) is 15.7. The molecule has 0 amide bonds. The van der Waals surface area contributed by atoms with E-state index in [4.69, 9.17) is 16.3 Å². The van der Waals surface area contributed by atoms with Crippen molar-refractivity contribution in [2.24, 2.45) is 0 Å². The summed E-state index contributed by atoms with van der Waals surface area (Å²) in [5.74, 6) is -0.701. The van der Waals surface area contributed by atoms with E-state index in [9.17, 15) is 23.1 Å². The molecular weight excluding hydrogens is 407 g/mol. The minimum Gasteiger partial charge on any atom is -0.507 e. The molecule has 0 saturated carbocycles. The van der Waals surface area contributed by atoms with Gasteiger partial charge in [0.05, 0.1) is 5.56 Å². The highest BCUT2D eigenvalue weighted by Crippen LogP contribution is 2.31. The smallest absolute Gasteiger partial charge is 0.422 e. The summed E-state index contributed by atoms with van der Waals surface area (Å²) in [5.41, 5.74) is 1.45. The van der Waals surface area contributed by atoms with Crippen molar-refractivity contribution in [3.8, 4) is 22.8 Å². The van der Waals surface area contributed by atoms with Crippen molar-refractivity contribution in [3.05, 3.63) is 76.9 Å². The second-order valence-corrected chi connectivity index (χ2v) is 6.66. The van der Waals surface area contributed by atoms with Crippen molar-refractivity contribution in [1.29, 1.82) is 0 Å². The van der Waals surface area contributed by atoms with Crippen molar-refractivity contribution in [3.63, 3.8) is 0 Å². The number of hydrogen-bond donors (Lipinski definition) is 1. The van der Waals surface area contributed by atoms with Crippen LogP contribution in [0.4, 0.5) is 13.2 Å². The topological polar surface area (TPSA) is 59.4 Å². The Morgan fingerprint density at radius 2 is 1.79 bits per heavy atom. The van der Waals surface area contributed by atoms with Gasteiger partial charge in [-0.15, -0.1) is 0 Å². The zero-order chi connectivity index (χ0) is 21.0. The van der Waals surface area contributed by atoms with E-state index in [1.165, 1.54) is 18.3 Å². The highest BCUT2D eigenvalue weighted by Gasteiger charge is 2.29. The van der Waals surface area contributed by atoms with Crippen molar-refractivity contribution in [1.82, 2.24) is 4.98 Å². The number of aromatic nitrogens is 1. The number of Topliss-reactive ketones (excluding diaryl/α,β-unsaturated/α-hetero) is 1. The lowest BCUT2D eigenvalue weighted by atomic mass is 10.00. The quantitative estimate of drug-likeness (QED) is 0.536. The lowest BCUT2D eigenvalue weighted by Crippen LogP contribution is -2.20. The number of aromatic hydroxyl groups is 1. The summed E-state index contributed by atoms with van der Waals surface area (Å²) in [6.07, 6.45) is -3.33. The van der Waals surface area contributed by atoms with Gasteiger partial charge in [-0.3, -0.25) is 4.79 Å². The van der Waals surface area contributed by atoms with E-state index in [-0.39, 0.29) is 29.4 Å². The number of phenolic OH excluding ortho intramolecular Hbond substituents is 1. The number of carbonyl (C=O) groups is 1. The number of carbonyl (C=O) groups excluding carboxylic acids is 1. The van der Waals surface area contributed by atoms with Gasteiger partial charge in [0, 0.05) is 23.2 Å². The molecule has 1 aromatic heterocycles. The van der Waals surface area contributed by atoms with Crippen molar-refractivity contribution in [2.45, 2.75) is 12.6 Å². The van der Waals surface area contributed by atoms with E-state index >= 15 is 0 Å². The number of pyridine rings is 1. The predicted octanol–water partition coefficient (Wildman–Crippen LogP) is 5.47. The maximum Gasteiger partial charge on any atom is 0.422 e. The first kappa shape index (κ1) is 20.7. The van der Waals surface area contributed by atoms with E-state index in [2.05, 4.69) is 4.98 Å². The molecule has 0 unspecified atom stereocenters. The Labute approximate surface area is 169 Å². The highest BCUT2D eigenvalue weighted by molar-refractivity contribution is 6.30. The molecule has 1 N–H and O–H groups in total. The van der Waals surface area contributed by atoms with E-state index in [0.29, 0.717) is 21.7 Å². The number of ether oxygens (including phenoxy) is 1. The number of nitrogens with zero attached hydrogens (tertiary/aromatic N) is 1. The molecule has 2 aromatic carbocycles. The summed E-state index contributed by atoms with van der Waals surface area (Å²) in [7, 11) is 0. The lowest BCUT2D eigenvalue weighted by Gasteiger charge is -2.14. The van der Waals surface area contributed by atoms with Crippen LogP contribution in [0, 0.1) is 0 Å². The maximum absolute atomic E-state index is 12.6. The molecule has 0 atom stereocenters. The number of halogens is 4. The zero-order valence-electron chi connectivity index (χ0n) is 14.9. The molecule has 0 fully saturated rings. The molecule has 1 heterocycles. The van der Waals surface area contributed by atoms with Gasteiger partial charge in [-0.1, -0.05) is 35.9 Å². The third-order valence-electron chi connectivity index (χ3n) is 4.00. The fourth-order valence-electron chi connectivity index (χ4n) is 2.68. The number of ketones is 1. The maximum atomic E-state index is 12.6. The molecule has 0 aliphatic carbocycles. The van der Waals surface area contributed by atoms with Crippen molar-refractivity contribution >= 4 is 17.4 Å². The van der Waals surface area contributed by atoms with Crippen LogP contribution in [0.1, 0.15) is 15.9 Å². The van der Waals surface area contributed by atoms with Gasteiger partial charge in [-0.25, -0.2) is 4.98 Å². The summed E-state index contributed by atoms with van der Waals surface area (Å²) < 4.78 is 42.6.